The lowest BCUT2D eigenvalue weighted by atomic mass is 9.83. The van der Waals surface area contributed by atoms with E-state index in [-0.39, 0.29) is 29.1 Å². The molecule has 2 atom stereocenters. The Morgan fingerprint density at radius 1 is 1.40 bits per heavy atom. The summed E-state index contributed by atoms with van der Waals surface area (Å²) < 4.78 is 28.1. The average molecular weight is 506 g/mol. The maximum absolute atomic E-state index is 15.2. The molecule has 0 bridgehead atoms. The summed E-state index contributed by atoms with van der Waals surface area (Å²) in [6, 6.07) is 3.01. The van der Waals surface area contributed by atoms with E-state index in [0.717, 1.165) is 19.3 Å². The summed E-state index contributed by atoms with van der Waals surface area (Å²) in [5.41, 5.74) is 5.87. The van der Waals surface area contributed by atoms with E-state index >= 15 is 4.39 Å². The number of nitrogen functional groups attached to an aromatic ring is 1. The van der Waals surface area contributed by atoms with Gasteiger partial charge in [-0.2, -0.15) is 5.10 Å². The second-order valence-electron chi connectivity index (χ2n) is 9.44. The van der Waals surface area contributed by atoms with E-state index in [0.29, 0.717) is 55.6 Å². The van der Waals surface area contributed by atoms with E-state index in [1.165, 1.54) is 12.3 Å². The van der Waals surface area contributed by atoms with E-state index in [9.17, 15) is 9.59 Å². The van der Waals surface area contributed by atoms with E-state index in [4.69, 9.17) is 26.8 Å². The van der Waals surface area contributed by atoms with Crippen molar-refractivity contribution in [2.45, 2.75) is 50.7 Å². The number of nitrogens with two attached hydrogens (primary N) is 1. The predicted molar refractivity (Wildman–Crippen MR) is 128 cm³/mol. The van der Waals surface area contributed by atoms with Gasteiger partial charge in [0.05, 0.1) is 35.1 Å². The van der Waals surface area contributed by atoms with Crippen LogP contribution in [0, 0.1) is 11.7 Å². The number of fused-ring (bicyclic) bond motifs is 2. The molecule has 2 saturated heterocycles. The number of piperidine rings is 1. The molecule has 0 aliphatic carbocycles. The number of nitrogens with zero attached hydrogens (tertiary/aromatic N) is 3. The Kier molecular flexibility index (Phi) is 6.35. The van der Waals surface area contributed by atoms with Gasteiger partial charge < -0.3 is 20.1 Å². The summed E-state index contributed by atoms with van der Waals surface area (Å²) in [6.45, 7) is 3.91. The van der Waals surface area contributed by atoms with Gasteiger partial charge in [-0.05, 0) is 50.2 Å². The first-order valence-electron chi connectivity index (χ1n) is 12.0. The van der Waals surface area contributed by atoms with Crippen molar-refractivity contribution in [3.8, 4) is 0 Å². The molecule has 0 saturated carbocycles. The fourth-order valence-electron chi connectivity index (χ4n) is 5.72. The van der Waals surface area contributed by atoms with Crippen LogP contribution < -0.4 is 11.1 Å². The van der Waals surface area contributed by atoms with Crippen molar-refractivity contribution in [1.82, 2.24) is 14.7 Å². The SMILES string of the molecule is CC[C@@H](C1CCOCC1)n1ncc(C(=O)N2CCC[C@@]3(C2)OC(=O)Nc2ccc(Cl)c(F)c23)c1N. The predicted octanol–water partition coefficient (Wildman–Crippen LogP) is 4.33. The van der Waals surface area contributed by atoms with Crippen LogP contribution in [0.5, 0.6) is 0 Å². The van der Waals surface area contributed by atoms with Crippen molar-refractivity contribution in [2.75, 3.05) is 37.4 Å². The van der Waals surface area contributed by atoms with Gasteiger partial charge in [0.15, 0.2) is 11.4 Å². The molecule has 188 valence electrons. The van der Waals surface area contributed by atoms with Crippen LogP contribution in [0.1, 0.15) is 61.0 Å². The Balaban J connectivity index is 1.43. The minimum Gasteiger partial charge on any atom is -0.436 e. The number of nitrogens with one attached hydrogen (secondary N) is 1. The Morgan fingerprint density at radius 2 is 2.17 bits per heavy atom. The number of halogens is 2. The monoisotopic (exact) mass is 505 g/mol. The zero-order valence-electron chi connectivity index (χ0n) is 19.6. The van der Waals surface area contributed by atoms with Crippen LogP contribution in [0.25, 0.3) is 0 Å². The molecule has 5 rings (SSSR count). The molecule has 35 heavy (non-hydrogen) atoms. The van der Waals surface area contributed by atoms with Crippen LogP contribution in [-0.2, 0) is 15.1 Å². The Bertz CT molecular complexity index is 1150. The average Bonchev–Trinajstić information content (AvgIpc) is 3.23. The maximum atomic E-state index is 15.2. The molecule has 9 nitrogen and oxygen atoms in total. The van der Waals surface area contributed by atoms with E-state index < -0.39 is 17.5 Å². The third kappa shape index (κ3) is 4.12. The zero-order chi connectivity index (χ0) is 24.7. The standard InChI is InChI=1S/C24H29ClFN5O4/c1-2-18(14-6-10-34-11-7-14)31-21(27)15(12-28-31)22(32)30-9-3-8-24(13-30)19-17(29-23(33)35-24)5-4-16(25)20(19)26/h4-5,12,14,18H,2-3,6-11,13,27H2,1H3,(H,29,33)/t18-,24-/m0/s1. The van der Waals surface area contributed by atoms with Crippen molar-refractivity contribution < 1.29 is 23.5 Å². The molecular weight excluding hydrogens is 477 g/mol. The highest BCUT2D eigenvalue weighted by Gasteiger charge is 2.49. The van der Waals surface area contributed by atoms with Gasteiger partial charge in [-0.1, -0.05) is 18.5 Å². The molecule has 1 aromatic heterocycles. The van der Waals surface area contributed by atoms with E-state index in [2.05, 4.69) is 17.3 Å². The molecular formula is C24H29ClFN5O4. The summed E-state index contributed by atoms with van der Waals surface area (Å²) in [6.07, 6.45) is 4.36. The molecule has 2 amide bonds. The molecule has 11 heteroatoms. The van der Waals surface area contributed by atoms with Crippen molar-refractivity contribution >= 4 is 35.1 Å². The summed E-state index contributed by atoms with van der Waals surface area (Å²) in [4.78, 5) is 27.5. The van der Waals surface area contributed by atoms with Crippen molar-refractivity contribution in [3.05, 3.63) is 40.3 Å². The zero-order valence-corrected chi connectivity index (χ0v) is 20.3. The molecule has 2 aromatic rings. The van der Waals surface area contributed by atoms with Gasteiger partial charge in [0.1, 0.15) is 11.4 Å². The number of anilines is 2. The lowest BCUT2D eigenvalue weighted by Crippen LogP contribution is -2.53. The lowest BCUT2D eigenvalue weighted by molar-refractivity contribution is -0.0418. The fourth-order valence-corrected chi connectivity index (χ4v) is 5.88. The minimum absolute atomic E-state index is 0.00863. The summed E-state index contributed by atoms with van der Waals surface area (Å²) in [5.74, 6) is -0.304. The number of amides is 2. The van der Waals surface area contributed by atoms with Crippen LogP contribution in [0.3, 0.4) is 0 Å². The van der Waals surface area contributed by atoms with E-state index in [1.54, 1.807) is 15.6 Å². The number of rotatable bonds is 4. The van der Waals surface area contributed by atoms with Crippen molar-refractivity contribution in [3.63, 3.8) is 0 Å². The van der Waals surface area contributed by atoms with Gasteiger partial charge in [0, 0.05) is 19.8 Å². The smallest absolute Gasteiger partial charge is 0.412 e. The summed E-state index contributed by atoms with van der Waals surface area (Å²) in [7, 11) is 0. The first kappa shape index (κ1) is 23.9. The topological polar surface area (TPSA) is 112 Å². The van der Waals surface area contributed by atoms with Crippen LogP contribution >= 0.6 is 11.6 Å². The number of hydrogen-bond donors (Lipinski definition) is 2. The number of benzene rings is 1. The molecule has 0 radical (unpaired) electrons. The molecule has 3 N–H and O–H groups in total. The molecule has 3 aliphatic rings. The van der Waals surface area contributed by atoms with Gasteiger partial charge in [-0.15, -0.1) is 0 Å². The number of likely N-dealkylation sites (tertiary alicyclic amines) is 1. The fraction of sp³-hybridized carbons (Fsp3) is 0.542. The lowest BCUT2D eigenvalue weighted by Gasteiger charge is -2.45. The first-order chi connectivity index (χ1) is 16.8. The van der Waals surface area contributed by atoms with Gasteiger partial charge in [-0.25, -0.2) is 13.9 Å². The third-order valence-corrected chi connectivity index (χ3v) is 7.72. The molecule has 1 aromatic carbocycles. The Labute approximate surface area is 207 Å². The van der Waals surface area contributed by atoms with Gasteiger partial charge in [-0.3, -0.25) is 10.1 Å². The number of ether oxygens (including phenoxy) is 2. The van der Waals surface area contributed by atoms with Crippen molar-refractivity contribution in [1.29, 1.82) is 0 Å². The summed E-state index contributed by atoms with van der Waals surface area (Å²) >= 11 is 6.05. The van der Waals surface area contributed by atoms with Crippen LogP contribution in [0.15, 0.2) is 18.3 Å². The maximum Gasteiger partial charge on any atom is 0.412 e. The quantitative estimate of drug-likeness (QED) is 0.639. The number of hydrogen-bond acceptors (Lipinski definition) is 6. The normalized spacial score (nSPS) is 23.5. The van der Waals surface area contributed by atoms with Crippen molar-refractivity contribution in [2.24, 2.45) is 5.92 Å². The molecule has 3 aliphatic heterocycles. The second kappa shape index (κ2) is 9.31. The Morgan fingerprint density at radius 3 is 2.91 bits per heavy atom. The molecule has 1 spiro atoms. The van der Waals surface area contributed by atoms with Crippen LogP contribution in [0.4, 0.5) is 20.7 Å². The molecule has 2 fully saturated rings. The van der Waals surface area contributed by atoms with Crippen LogP contribution in [-0.4, -0.2) is 53.0 Å². The highest BCUT2D eigenvalue weighted by molar-refractivity contribution is 6.31. The first-order valence-corrected chi connectivity index (χ1v) is 12.4. The van der Waals surface area contributed by atoms with Gasteiger partial charge in [0.2, 0.25) is 0 Å². The van der Waals surface area contributed by atoms with Crippen LogP contribution in [0.2, 0.25) is 5.02 Å². The van der Waals surface area contributed by atoms with Gasteiger partial charge in [0.25, 0.3) is 5.91 Å². The van der Waals surface area contributed by atoms with E-state index in [1.807, 2.05) is 0 Å². The summed E-state index contributed by atoms with van der Waals surface area (Å²) in [5, 5.41) is 6.94. The highest BCUT2D eigenvalue weighted by atomic mass is 35.5. The van der Waals surface area contributed by atoms with Gasteiger partial charge >= 0.3 is 6.09 Å². The number of carbonyl (C=O) groups excluding carboxylic acids is 2. The highest BCUT2D eigenvalue weighted by Crippen LogP contribution is 2.45. The minimum atomic E-state index is -1.33. The largest absolute Gasteiger partial charge is 0.436 e. The Hall–Kier alpha value is -2.85. The number of aromatic nitrogens is 2. The third-order valence-electron chi connectivity index (χ3n) is 7.42. The molecule has 0 unspecified atom stereocenters. The second-order valence-corrected chi connectivity index (χ2v) is 9.84. The number of carbonyl (C=O) groups is 2. The molecule has 4 heterocycles.